The molecule has 0 unspecified atom stereocenters. The molecule has 0 amide bonds. The Morgan fingerprint density at radius 1 is 0.342 bits per heavy atom. The van der Waals surface area contributed by atoms with E-state index in [0.29, 0.717) is 34.4 Å². The topological polar surface area (TPSA) is 61.8 Å². The normalized spacial score (nSPS) is 11.7. The third-order valence-electron chi connectivity index (χ3n) is 20.9. The minimum atomic E-state index is -5.70. The molecule has 18 rings (SSSR count). The fraction of sp³-hybridized carbons (Fsp3) is 0.184. The molecule has 0 saturated carbocycles. The number of benzene rings is 14. The van der Waals surface area contributed by atoms with Gasteiger partial charge in [0.1, 0.15) is 0 Å². The van der Waals surface area contributed by atoms with Gasteiger partial charge in [0.2, 0.25) is 0 Å². The molecule has 0 saturated heterocycles. The molecule has 0 bridgehead atoms. The summed E-state index contributed by atoms with van der Waals surface area (Å²) in [6.07, 6.45) is 24.4. The number of fused-ring (bicyclic) bond motifs is 21. The van der Waals surface area contributed by atoms with Crippen molar-refractivity contribution in [2.75, 3.05) is 14.2 Å². The Balaban J connectivity index is 0.000000118. The molecule has 4 heterocycles. The van der Waals surface area contributed by atoms with Crippen molar-refractivity contribution < 1.29 is 35.2 Å². The van der Waals surface area contributed by atoms with Gasteiger partial charge in [-0.2, -0.15) is 0 Å². The van der Waals surface area contributed by atoms with E-state index in [4.69, 9.17) is 22.3 Å². The molecule has 14 aromatic carbocycles. The maximum absolute atomic E-state index is 12.6. The van der Waals surface area contributed by atoms with Crippen LogP contribution in [0, 0.1) is 45.5 Å². The molecule has 0 radical (unpaired) electrons. The molecular weight excluding hydrogens is 1660 g/mol. The fourth-order valence-corrected chi connectivity index (χ4v) is 26.5. The first-order valence-corrected chi connectivity index (χ1v) is 45.8. The first kappa shape index (κ1) is 76.8. The van der Waals surface area contributed by atoms with Gasteiger partial charge in [0.25, 0.3) is 0 Å². The van der Waals surface area contributed by atoms with Gasteiger partial charge in [0, 0.05) is 0 Å². The molecule has 0 aliphatic heterocycles. The average Bonchev–Trinajstić information content (AvgIpc) is 1.60. The van der Waals surface area contributed by atoms with Crippen molar-refractivity contribution in [1.82, 2.24) is 0 Å². The summed E-state index contributed by atoms with van der Waals surface area (Å²) in [6.45, 7) is 10.8. The zero-order chi connectivity index (χ0) is 77.2. The van der Waals surface area contributed by atoms with Crippen LogP contribution in [0.4, 0.5) is 13.2 Å². The molecule has 0 aliphatic rings. The molecule has 0 fully saturated rings. The van der Waals surface area contributed by atoms with Crippen LogP contribution in [0.5, 0.6) is 17.2 Å². The van der Waals surface area contributed by atoms with Crippen molar-refractivity contribution in [1.29, 1.82) is 0 Å². The van der Waals surface area contributed by atoms with Crippen LogP contribution in [0.25, 0.3) is 143 Å². The van der Waals surface area contributed by atoms with Gasteiger partial charge in [0.05, 0.1) is 0 Å². The molecule has 0 N–H and O–H groups in total. The number of hydrogen-bond acceptors (Lipinski definition) is 5. The second kappa shape index (κ2) is 33.0. The molecule has 4 aromatic heterocycles. The van der Waals surface area contributed by atoms with E-state index in [1.807, 2.05) is 24.3 Å². The number of ether oxygens (including phenoxy) is 2. The van der Waals surface area contributed by atoms with Crippen molar-refractivity contribution >= 4 is 191 Å². The predicted molar refractivity (Wildman–Crippen MR) is 469 cm³/mol. The predicted octanol–water partition coefficient (Wildman–Crippen LogP) is 25.5. The van der Waals surface area contributed by atoms with E-state index < -0.39 is 15.6 Å². The Hall–Kier alpha value is -9.54. The van der Waals surface area contributed by atoms with Crippen LogP contribution in [-0.4, -0.2) is 86.2 Å². The zero-order valence-electron chi connectivity index (χ0n) is 62.9. The minimum absolute atomic E-state index is 0.0133. The van der Waals surface area contributed by atoms with Gasteiger partial charge in [-0.15, -0.1) is 0 Å². The maximum atomic E-state index is 12.6. The molecule has 554 valence electrons. The number of rotatable bonds is 16. The van der Waals surface area contributed by atoms with Gasteiger partial charge >= 0.3 is 676 Å². The first-order chi connectivity index (χ1) is 53.8. The van der Waals surface area contributed by atoms with Crippen molar-refractivity contribution in [2.24, 2.45) is 0 Å². The average molecular weight is 1740 g/mol. The zero-order valence-corrected chi connectivity index (χ0v) is 70.6. The van der Waals surface area contributed by atoms with Gasteiger partial charge < -0.3 is 0 Å². The number of terminal acetylenes is 2. The monoisotopic (exact) mass is 1750 g/mol. The van der Waals surface area contributed by atoms with Gasteiger partial charge in [-0.05, 0) is 0 Å². The Bertz CT molecular complexity index is 6740. The van der Waals surface area contributed by atoms with Crippen molar-refractivity contribution in [3.8, 4) is 61.9 Å². The third-order valence-corrected chi connectivity index (χ3v) is 32.4. The summed E-state index contributed by atoms with van der Waals surface area (Å²) in [5.41, 5.74) is 5.27. The van der Waals surface area contributed by atoms with Crippen LogP contribution in [0.2, 0.25) is 0 Å². The van der Waals surface area contributed by atoms with Crippen LogP contribution in [0.3, 0.4) is 0 Å². The van der Waals surface area contributed by atoms with Crippen LogP contribution in [0.15, 0.2) is 231 Å². The summed E-state index contributed by atoms with van der Waals surface area (Å²) in [5, 5.41) is 23.2. The van der Waals surface area contributed by atoms with E-state index in [9.17, 15) is 21.6 Å². The van der Waals surface area contributed by atoms with E-state index in [-0.39, 0.29) is 34.8 Å². The molecule has 5 nitrogen and oxygen atoms in total. The van der Waals surface area contributed by atoms with Gasteiger partial charge in [0.15, 0.2) is 0 Å². The summed E-state index contributed by atoms with van der Waals surface area (Å²) in [7, 11) is -2.33. The second-order valence-electron chi connectivity index (χ2n) is 28.5. The third kappa shape index (κ3) is 15.9. The van der Waals surface area contributed by atoms with Crippen LogP contribution in [-0.2, 0) is 23.0 Å². The Morgan fingerprint density at radius 3 is 1.05 bits per heavy atom. The number of unbranched alkanes of at least 4 members (excludes halogenated alkanes) is 6. The molecule has 0 atom stereocenters. The summed E-state index contributed by atoms with van der Waals surface area (Å²) >= 11 is 0.892. The number of alkyl halides is 3. The number of aryl methyl sites for hydroxylation is 5. The van der Waals surface area contributed by atoms with E-state index in [1.165, 1.54) is 207 Å². The number of hydrogen-bond donors (Lipinski definition) is 0. The van der Waals surface area contributed by atoms with E-state index in [2.05, 4.69) is 233 Å². The Morgan fingerprint density at radius 2 is 0.658 bits per heavy atom. The molecular formula is C98H81F3O5SSe4. The molecule has 13 heteroatoms. The van der Waals surface area contributed by atoms with Crippen molar-refractivity contribution in [3.05, 3.63) is 269 Å². The quantitative estimate of drug-likeness (QED) is 0.0317. The van der Waals surface area contributed by atoms with E-state index in [0.717, 1.165) is 48.8 Å². The van der Waals surface area contributed by atoms with E-state index >= 15 is 0 Å². The number of methoxy groups -OCH3 is 2. The first-order valence-electron chi connectivity index (χ1n) is 37.6. The molecule has 18 aromatic rings. The fourth-order valence-electron chi connectivity index (χ4n) is 15.1. The van der Waals surface area contributed by atoms with Gasteiger partial charge in [-0.1, -0.05) is 0 Å². The summed E-state index contributed by atoms with van der Waals surface area (Å²) in [5.74, 6) is 6.91. The Labute approximate surface area is 670 Å². The summed E-state index contributed by atoms with van der Waals surface area (Å²) in [4.78, 5) is 0. The standard InChI is InChI=1S/C32H36Se.C22H13F3O3SSe.2C22H16OSe/c1-3-5-7-9-11-23-13-17-27-25(21-23)15-19-29-30-20-16-26-22-24(12-10-8-6-4-2)14-18-28(26)32(30)33-31(27)29;1-12-2-6-16-13(10-12)3-7-18-19-8-4-14-11-15(28-29(26,27)22(23,24)25)5-9-17(14)21(19)30-20(16)18;1-13-3-7-17-14(11-13)4-8-19-20-9-5-15-12-16(23-2)6-10-18(15)22(20)24-21(17)19;1-5-16-13-15(3)7-9-19(16)21-11-12-22(24-21)20-10-8-18(23-4)14-17(20)6-2/h13-22H,3-12H2,1-2H3;2-11H,1H3;3-12H,1-2H3;1-2,7-14H,3-4H3. The summed E-state index contributed by atoms with van der Waals surface area (Å²) in [6, 6.07) is 81.3. The van der Waals surface area contributed by atoms with E-state index in [1.54, 1.807) is 34.9 Å². The van der Waals surface area contributed by atoms with Crippen LogP contribution >= 0.6 is 0 Å². The second-order valence-corrected chi connectivity index (χ2v) is 38.7. The van der Waals surface area contributed by atoms with Gasteiger partial charge in [-0.25, -0.2) is 0 Å². The SMILES string of the molecule is C#Cc1cc(C)ccc1-c1ccc(-c2ccc(OC)cc2C#C)[se]1.CCCCCCc1ccc2c(ccc3c4ccc5cc(CCCCCC)ccc5c4[se]c23)c1.COc1ccc2c(ccc3c4ccc5cc(C)ccc5c4[se]c23)c1.Cc1ccc2c(ccc3c4ccc5cc(OS(=O)(=O)C(F)(F)F)ccc5c4[se]c23)c1. The molecule has 111 heavy (non-hydrogen) atoms. The number of halogens is 3. The van der Waals surface area contributed by atoms with Crippen LogP contribution < -0.4 is 13.7 Å². The molecule has 0 spiro atoms. The Kier molecular flexibility index (Phi) is 22.9. The van der Waals surface area contributed by atoms with Gasteiger partial charge in [-0.3, -0.25) is 0 Å². The molecule has 0 aliphatic carbocycles. The van der Waals surface area contributed by atoms with Crippen LogP contribution in [0.1, 0.15) is 104 Å². The summed E-state index contributed by atoms with van der Waals surface area (Å²) < 4.78 is 86.5. The van der Waals surface area contributed by atoms with Crippen molar-refractivity contribution in [3.63, 3.8) is 0 Å². The van der Waals surface area contributed by atoms with Crippen molar-refractivity contribution in [2.45, 2.75) is 104 Å².